The van der Waals surface area contributed by atoms with E-state index < -0.39 is 0 Å². The summed E-state index contributed by atoms with van der Waals surface area (Å²) in [5.74, 6) is 0.113. The lowest BCUT2D eigenvalue weighted by molar-refractivity contribution is -0.116. The fraction of sp³-hybridized carbons (Fsp3) is 0.500. The molecule has 3 N–H and O–H groups in total. The van der Waals surface area contributed by atoms with E-state index in [0.717, 1.165) is 31.5 Å². The van der Waals surface area contributed by atoms with Gasteiger partial charge < -0.3 is 16.0 Å². The molecule has 0 radical (unpaired) electrons. The van der Waals surface area contributed by atoms with Crippen LogP contribution in [0.2, 0.25) is 0 Å². The van der Waals surface area contributed by atoms with E-state index in [9.17, 15) is 4.79 Å². The van der Waals surface area contributed by atoms with Gasteiger partial charge in [-0.15, -0.1) is 0 Å². The number of likely N-dealkylation sites (N-methyl/N-ethyl adjacent to an activating group) is 1. The van der Waals surface area contributed by atoms with Gasteiger partial charge in [-0.05, 0) is 43.0 Å². The Morgan fingerprint density at radius 2 is 2.17 bits per heavy atom. The molecule has 1 aromatic carbocycles. The Kier molecular flexibility index (Phi) is 2.55. The Balaban J connectivity index is 1.79. The van der Waals surface area contributed by atoms with Crippen LogP contribution in [0.3, 0.4) is 0 Å². The standard InChI is InChI=1S/C14H19N3O/c1-17(9-14(15)6-7-14)11-3-4-12-10(8-11)2-5-13(18)16-12/h3-4,8H,2,5-7,9,15H2,1H3,(H,16,18). The van der Waals surface area contributed by atoms with E-state index in [-0.39, 0.29) is 11.4 Å². The fourth-order valence-corrected chi connectivity index (χ4v) is 2.49. The molecule has 96 valence electrons. The molecule has 0 atom stereocenters. The number of nitrogens with zero attached hydrogens (tertiary/aromatic N) is 1. The summed E-state index contributed by atoms with van der Waals surface area (Å²) >= 11 is 0. The van der Waals surface area contributed by atoms with Crippen LogP contribution in [0.5, 0.6) is 0 Å². The molecule has 0 unspecified atom stereocenters. The van der Waals surface area contributed by atoms with E-state index in [4.69, 9.17) is 5.73 Å². The molecule has 4 nitrogen and oxygen atoms in total. The first-order valence-corrected chi connectivity index (χ1v) is 6.49. The Morgan fingerprint density at radius 3 is 2.89 bits per heavy atom. The van der Waals surface area contributed by atoms with Crippen LogP contribution in [0.25, 0.3) is 0 Å². The number of fused-ring (bicyclic) bond motifs is 1. The molecule has 1 aromatic rings. The van der Waals surface area contributed by atoms with Crippen molar-refractivity contribution in [1.29, 1.82) is 0 Å². The van der Waals surface area contributed by atoms with Gasteiger partial charge in [0.25, 0.3) is 0 Å². The smallest absolute Gasteiger partial charge is 0.224 e. The van der Waals surface area contributed by atoms with Crippen molar-refractivity contribution in [2.75, 3.05) is 23.8 Å². The number of aryl methyl sites for hydroxylation is 1. The number of benzene rings is 1. The highest BCUT2D eigenvalue weighted by atomic mass is 16.1. The largest absolute Gasteiger partial charge is 0.373 e. The van der Waals surface area contributed by atoms with Crippen LogP contribution in [0, 0.1) is 0 Å². The Morgan fingerprint density at radius 1 is 1.39 bits per heavy atom. The summed E-state index contributed by atoms with van der Waals surface area (Å²) in [6, 6.07) is 6.21. The van der Waals surface area contributed by atoms with Crippen molar-refractivity contribution in [2.45, 2.75) is 31.2 Å². The minimum Gasteiger partial charge on any atom is -0.373 e. The number of hydrogen-bond donors (Lipinski definition) is 2. The van der Waals surface area contributed by atoms with Crippen LogP contribution in [-0.2, 0) is 11.2 Å². The second kappa shape index (κ2) is 3.99. The third-order valence-corrected chi connectivity index (χ3v) is 3.87. The fourth-order valence-electron chi connectivity index (χ4n) is 2.49. The monoisotopic (exact) mass is 245 g/mol. The summed E-state index contributed by atoms with van der Waals surface area (Å²) in [6.07, 6.45) is 3.66. The molecule has 0 aromatic heterocycles. The van der Waals surface area contributed by atoms with Crippen LogP contribution in [-0.4, -0.2) is 25.0 Å². The topological polar surface area (TPSA) is 58.4 Å². The van der Waals surface area contributed by atoms with Crippen LogP contribution in [0.1, 0.15) is 24.8 Å². The van der Waals surface area contributed by atoms with Crippen molar-refractivity contribution < 1.29 is 4.79 Å². The zero-order chi connectivity index (χ0) is 12.8. The summed E-state index contributed by atoms with van der Waals surface area (Å²) in [5.41, 5.74) is 9.53. The summed E-state index contributed by atoms with van der Waals surface area (Å²) in [7, 11) is 2.08. The molecule has 0 spiro atoms. The molecule has 0 saturated heterocycles. The molecule has 2 aliphatic rings. The van der Waals surface area contributed by atoms with Gasteiger partial charge in [0.05, 0.1) is 0 Å². The molecule has 1 amide bonds. The third-order valence-electron chi connectivity index (χ3n) is 3.87. The van der Waals surface area contributed by atoms with Gasteiger partial charge in [-0.3, -0.25) is 4.79 Å². The SMILES string of the molecule is CN(CC1(N)CC1)c1ccc2c(c1)CCC(=O)N2. The number of carbonyl (C=O) groups is 1. The molecule has 0 bridgehead atoms. The zero-order valence-electron chi connectivity index (χ0n) is 10.7. The van der Waals surface area contributed by atoms with Gasteiger partial charge in [-0.25, -0.2) is 0 Å². The van der Waals surface area contributed by atoms with E-state index in [1.165, 1.54) is 11.3 Å². The molecule has 3 rings (SSSR count). The molecular weight excluding hydrogens is 226 g/mol. The first-order valence-electron chi connectivity index (χ1n) is 6.49. The van der Waals surface area contributed by atoms with Gasteiger partial charge in [0.15, 0.2) is 0 Å². The maximum Gasteiger partial charge on any atom is 0.224 e. The normalized spacial score (nSPS) is 20.0. The Bertz CT molecular complexity index is 494. The van der Waals surface area contributed by atoms with E-state index in [2.05, 4.69) is 29.4 Å². The van der Waals surface area contributed by atoms with Gasteiger partial charge in [0.2, 0.25) is 5.91 Å². The van der Waals surface area contributed by atoms with Crippen LogP contribution >= 0.6 is 0 Å². The Labute approximate surface area is 107 Å². The number of hydrogen-bond acceptors (Lipinski definition) is 3. The number of nitrogens with two attached hydrogens (primary N) is 1. The molecule has 1 heterocycles. The van der Waals surface area contributed by atoms with E-state index in [0.29, 0.717) is 6.42 Å². The van der Waals surface area contributed by atoms with Crippen molar-refractivity contribution in [3.05, 3.63) is 23.8 Å². The maximum atomic E-state index is 11.3. The first-order chi connectivity index (χ1) is 8.56. The summed E-state index contributed by atoms with van der Waals surface area (Å²) in [4.78, 5) is 13.5. The predicted molar refractivity (Wildman–Crippen MR) is 72.8 cm³/mol. The molecule has 1 fully saturated rings. The molecule has 1 aliphatic heterocycles. The zero-order valence-corrected chi connectivity index (χ0v) is 10.7. The first kappa shape index (κ1) is 11.5. The lowest BCUT2D eigenvalue weighted by Crippen LogP contribution is -2.37. The average molecular weight is 245 g/mol. The lowest BCUT2D eigenvalue weighted by Gasteiger charge is -2.25. The maximum absolute atomic E-state index is 11.3. The van der Waals surface area contributed by atoms with Gasteiger partial charge in [0.1, 0.15) is 0 Å². The highest BCUT2D eigenvalue weighted by Gasteiger charge is 2.39. The third kappa shape index (κ3) is 2.20. The van der Waals surface area contributed by atoms with E-state index in [1.54, 1.807) is 0 Å². The van der Waals surface area contributed by atoms with Crippen LogP contribution in [0.15, 0.2) is 18.2 Å². The second-order valence-electron chi connectivity index (χ2n) is 5.61. The van der Waals surface area contributed by atoms with Gasteiger partial charge in [0, 0.05) is 36.9 Å². The van der Waals surface area contributed by atoms with Gasteiger partial charge in [-0.1, -0.05) is 0 Å². The number of nitrogens with one attached hydrogen (secondary N) is 1. The van der Waals surface area contributed by atoms with Crippen molar-refractivity contribution >= 4 is 17.3 Å². The minimum atomic E-state index is 0.0267. The van der Waals surface area contributed by atoms with Crippen molar-refractivity contribution in [3.63, 3.8) is 0 Å². The second-order valence-corrected chi connectivity index (χ2v) is 5.61. The van der Waals surface area contributed by atoms with Gasteiger partial charge in [-0.2, -0.15) is 0 Å². The number of amides is 1. The van der Waals surface area contributed by atoms with Gasteiger partial charge >= 0.3 is 0 Å². The highest BCUT2D eigenvalue weighted by Crippen LogP contribution is 2.34. The van der Waals surface area contributed by atoms with E-state index >= 15 is 0 Å². The van der Waals surface area contributed by atoms with Crippen LogP contribution in [0.4, 0.5) is 11.4 Å². The van der Waals surface area contributed by atoms with Crippen LogP contribution < -0.4 is 16.0 Å². The summed E-state index contributed by atoms with van der Waals surface area (Å²) in [6.45, 7) is 0.901. The molecule has 1 saturated carbocycles. The summed E-state index contributed by atoms with van der Waals surface area (Å²) in [5, 5.41) is 2.90. The number of anilines is 2. The van der Waals surface area contributed by atoms with E-state index in [1.807, 2.05) is 6.07 Å². The molecule has 18 heavy (non-hydrogen) atoms. The van der Waals surface area contributed by atoms with Crippen molar-refractivity contribution in [2.24, 2.45) is 5.73 Å². The highest BCUT2D eigenvalue weighted by molar-refractivity contribution is 5.94. The quantitative estimate of drug-likeness (QED) is 0.848. The lowest BCUT2D eigenvalue weighted by atomic mass is 10.0. The van der Waals surface area contributed by atoms with Crippen molar-refractivity contribution in [3.8, 4) is 0 Å². The summed E-state index contributed by atoms with van der Waals surface area (Å²) < 4.78 is 0. The van der Waals surface area contributed by atoms with Crippen molar-refractivity contribution in [1.82, 2.24) is 0 Å². The molecule has 1 aliphatic carbocycles. The molecule has 4 heteroatoms. The molecular formula is C14H19N3O. The minimum absolute atomic E-state index is 0.0267. The number of rotatable bonds is 3. The average Bonchev–Trinajstić information content (AvgIpc) is 3.06. The predicted octanol–water partition coefficient (Wildman–Crippen LogP) is 1.50. The Hall–Kier alpha value is -1.55. The number of carbonyl (C=O) groups excluding carboxylic acids is 1.